The number of hydrogen-bond donors (Lipinski definition) is 1. The summed E-state index contributed by atoms with van der Waals surface area (Å²) in [5.41, 5.74) is -1.11. The molecule has 5 nitrogen and oxygen atoms in total. The third-order valence-electron chi connectivity index (χ3n) is 3.39. The summed E-state index contributed by atoms with van der Waals surface area (Å²) in [6.07, 6.45) is 0.966. The molecular formula is C9H13NO4. The number of rotatable bonds is 0. The van der Waals surface area contributed by atoms with Crippen LogP contribution in [-0.4, -0.2) is 28.9 Å². The van der Waals surface area contributed by atoms with Gasteiger partial charge in [-0.15, -0.1) is 0 Å². The van der Waals surface area contributed by atoms with E-state index in [2.05, 4.69) is 5.16 Å². The summed E-state index contributed by atoms with van der Waals surface area (Å²) in [4.78, 5) is 21.7. The van der Waals surface area contributed by atoms with E-state index >= 15 is 0 Å². The number of carbonyl (C=O) groups excluding carboxylic acids is 1. The number of nitrogens with zero attached hydrogens (tertiary/aromatic N) is 1. The van der Waals surface area contributed by atoms with Gasteiger partial charge < -0.3 is 5.21 Å². The maximum atomic E-state index is 11.6. The van der Waals surface area contributed by atoms with E-state index in [1.54, 1.807) is 13.8 Å². The molecule has 0 aromatic rings. The smallest absolute Gasteiger partial charge is 0.159 e. The molecule has 2 aliphatic rings. The second-order valence-corrected chi connectivity index (χ2v) is 4.27. The Kier molecular flexibility index (Phi) is 1.90. The minimum absolute atomic E-state index is 0.115. The molecule has 5 heteroatoms. The quantitative estimate of drug-likeness (QED) is 0.357. The van der Waals surface area contributed by atoms with Gasteiger partial charge in [-0.25, -0.2) is 9.78 Å². The minimum atomic E-state index is -0.848. The minimum Gasteiger partial charge on any atom is -0.411 e. The van der Waals surface area contributed by atoms with Crippen LogP contribution in [0.1, 0.15) is 26.7 Å². The molecule has 1 saturated heterocycles. The Labute approximate surface area is 81.6 Å². The molecule has 1 unspecified atom stereocenters. The topological polar surface area (TPSA) is 68.1 Å². The van der Waals surface area contributed by atoms with Crippen LogP contribution in [-0.2, 0) is 14.6 Å². The van der Waals surface area contributed by atoms with Crippen molar-refractivity contribution in [1.29, 1.82) is 0 Å². The van der Waals surface area contributed by atoms with E-state index in [0.717, 1.165) is 0 Å². The van der Waals surface area contributed by atoms with E-state index in [4.69, 9.17) is 15.0 Å². The van der Waals surface area contributed by atoms with Crippen molar-refractivity contribution in [3.63, 3.8) is 0 Å². The predicted octanol–water partition coefficient (Wildman–Crippen LogP) is 0.906. The zero-order valence-corrected chi connectivity index (χ0v) is 8.24. The summed E-state index contributed by atoms with van der Waals surface area (Å²) >= 11 is 0. The van der Waals surface area contributed by atoms with Crippen LogP contribution in [0.4, 0.5) is 0 Å². The lowest BCUT2D eigenvalue weighted by Crippen LogP contribution is -2.48. The van der Waals surface area contributed by atoms with Gasteiger partial charge in [-0.2, -0.15) is 0 Å². The third kappa shape index (κ3) is 0.911. The number of carbonyl (C=O) groups is 1. The Morgan fingerprint density at radius 1 is 1.50 bits per heavy atom. The molecule has 0 amide bonds. The van der Waals surface area contributed by atoms with Crippen LogP contribution in [0.25, 0.3) is 0 Å². The first-order chi connectivity index (χ1) is 6.54. The van der Waals surface area contributed by atoms with Gasteiger partial charge in [0.25, 0.3) is 0 Å². The van der Waals surface area contributed by atoms with E-state index in [0.29, 0.717) is 18.6 Å². The summed E-state index contributed by atoms with van der Waals surface area (Å²) in [5, 5.41) is 12.0. The molecule has 1 N–H and O–H groups in total. The average molecular weight is 199 g/mol. The summed E-state index contributed by atoms with van der Waals surface area (Å²) in [6.45, 7) is 3.72. The number of oxime groups is 1. The zero-order valence-electron chi connectivity index (χ0n) is 8.24. The van der Waals surface area contributed by atoms with Crippen molar-refractivity contribution >= 4 is 11.5 Å². The Morgan fingerprint density at radius 2 is 2.21 bits per heavy atom. The van der Waals surface area contributed by atoms with Crippen molar-refractivity contribution in [1.82, 2.24) is 0 Å². The lowest BCUT2D eigenvalue weighted by Gasteiger charge is -2.32. The van der Waals surface area contributed by atoms with Crippen molar-refractivity contribution in [2.75, 3.05) is 6.61 Å². The Morgan fingerprint density at radius 3 is 2.71 bits per heavy atom. The first-order valence-electron chi connectivity index (χ1n) is 4.60. The summed E-state index contributed by atoms with van der Waals surface area (Å²) < 4.78 is 0. The Bertz CT molecular complexity index is 310. The number of Topliss-reactive ketones (excluding diaryl/α,β-unsaturated/α-hetero) is 1. The maximum absolute atomic E-state index is 11.6. The van der Waals surface area contributed by atoms with Crippen molar-refractivity contribution in [3.8, 4) is 0 Å². The van der Waals surface area contributed by atoms with Gasteiger partial charge in [0.2, 0.25) is 0 Å². The highest BCUT2D eigenvalue weighted by Crippen LogP contribution is 2.49. The Hall–Kier alpha value is -0.940. The molecule has 0 bridgehead atoms. The molecule has 0 radical (unpaired) electrons. The molecule has 1 aliphatic carbocycles. The maximum Gasteiger partial charge on any atom is 0.159 e. The van der Waals surface area contributed by atoms with Crippen LogP contribution in [0.3, 0.4) is 0 Å². The molecule has 1 aliphatic heterocycles. The van der Waals surface area contributed by atoms with Crippen LogP contribution in [0.15, 0.2) is 5.16 Å². The van der Waals surface area contributed by atoms with Crippen LogP contribution >= 0.6 is 0 Å². The zero-order chi connectivity index (χ0) is 10.4. The summed E-state index contributed by atoms with van der Waals surface area (Å²) in [5.74, 6) is 0.115. The first kappa shape index (κ1) is 9.61. The molecule has 1 spiro atoms. The first-order valence-corrected chi connectivity index (χ1v) is 4.60. The SMILES string of the molecule is CC1(C)C(=O)CCC12OOCC2=NO. The molecule has 2 fully saturated rings. The largest absolute Gasteiger partial charge is 0.411 e. The molecule has 1 atom stereocenters. The van der Waals surface area contributed by atoms with Crippen LogP contribution < -0.4 is 0 Å². The fourth-order valence-electron chi connectivity index (χ4n) is 2.25. The van der Waals surface area contributed by atoms with E-state index in [1.807, 2.05) is 0 Å². The molecule has 2 rings (SSSR count). The van der Waals surface area contributed by atoms with E-state index < -0.39 is 11.0 Å². The third-order valence-corrected chi connectivity index (χ3v) is 3.39. The van der Waals surface area contributed by atoms with Crippen molar-refractivity contribution in [2.45, 2.75) is 32.3 Å². The lowest BCUT2D eigenvalue weighted by atomic mass is 9.74. The van der Waals surface area contributed by atoms with Crippen LogP contribution in [0, 0.1) is 5.41 Å². The van der Waals surface area contributed by atoms with Gasteiger partial charge in [0.1, 0.15) is 18.1 Å². The summed E-state index contributed by atoms with van der Waals surface area (Å²) in [7, 11) is 0. The van der Waals surface area contributed by atoms with Gasteiger partial charge in [0.15, 0.2) is 5.60 Å². The number of hydrogen-bond acceptors (Lipinski definition) is 5. The second kappa shape index (κ2) is 2.77. The van der Waals surface area contributed by atoms with Crippen molar-refractivity contribution < 1.29 is 19.8 Å². The van der Waals surface area contributed by atoms with E-state index in [-0.39, 0.29) is 12.4 Å². The molecule has 14 heavy (non-hydrogen) atoms. The molecule has 0 aromatic heterocycles. The lowest BCUT2D eigenvalue weighted by molar-refractivity contribution is -0.320. The van der Waals surface area contributed by atoms with E-state index in [1.165, 1.54) is 0 Å². The normalized spacial score (nSPS) is 38.7. The van der Waals surface area contributed by atoms with Crippen LogP contribution in [0.5, 0.6) is 0 Å². The average Bonchev–Trinajstić information content (AvgIpc) is 2.65. The van der Waals surface area contributed by atoms with Gasteiger partial charge in [-0.3, -0.25) is 4.79 Å². The van der Waals surface area contributed by atoms with Gasteiger partial charge in [-0.05, 0) is 20.3 Å². The Balaban J connectivity index is 2.46. The summed E-state index contributed by atoms with van der Waals surface area (Å²) in [6, 6.07) is 0. The van der Waals surface area contributed by atoms with Crippen molar-refractivity contribution in [2.24, 2.45) is 10.6 Å². The molecule has 1 saturated carbocycles. The van der Waals surface area contributed by atoms with Crippen molar-refractivity contribution in [3.05, 3.63) is 0 Å². The van der Waals surface area contributed by atoms with Crippen LogP contribution in [0.2, 0.25) is 0 Å². The highest BCUT2D eigenvalue weighted by molar-refractivity contribution is 6.03. The molecule has 1 heterocycles. The predicted molar refractivity (Wildman–Crippen MR) is 47.0 cm³/mol. The van der Waals surface area contributed by atoms with Gasteiger partial charge in [0, 0.05) is 6.42 Å². The van der Waals surface area contributed by atoms with Gasteiger partial charge in [-0.1, -0.05) is 5.16 Å². The fraction of sp³-hybridized carbons (Fsp3) is 0.778. The molecule has 0 aromatic carbocycles. The molecular weight excluding hydrogens is 186 g/mol. The van der Waals surface area contributed by atoms with E-state index in [9.17, 15) is 4.79 Å². The fourth-order valence-corrected chi connectivity index (χ4v) is 2.25. The highest BCUT2D eigenvalue weighted by Gasteiger charge is 2.62. The molecule has 78 valence electrons. The standard InChI is InChI=1S/C9H13NO4/c1-8(2)7(11)3-4-9(8)6(10-12)5-13-14-9/h12H,3-5H2,1-2H3. The van der Waals surface area contributed by atoms with Gasteiger partial charge >= 0.3 is 0 Å². The number of ketones is 1. The second-order valence-electron chi connectivity index (χ2n) is 4.27. The van der Waals surface area contributed by atoms with Gasteiger partial charge in [0.05, 0.1) is 5.41 Å². The highest BCUT2D eigenvalue weighted by atomic mass is 17.2. The monoisotopic (exact) mass is 199 g/mol.